The first-order chi connectivity index (χ1) is 10.0. The number of carbonyl (C=O) groups excluding carboxylic acids is 1. The van der Waals surface area contributed by atoms with E-state index in [1.54, 1.807) is 48.5 Å². The van der Waals surface area contributed by atoms with Crippen molar-refractivity contribution in [3.63, 3.8) is 0 Å². The number of amides is 1. The van der Waals surface area contributed by atoms with E-state index < -0.39 is 5.97 Å². The Kier molecular flexibility index (Phi) is 4.74. The third-order valence-corrected chi connectivity index (χ3v) is 2.91. The molecule has 1 amide bonds. The molecule has 0 heterocycles. The minimum atomic E-state index is -1.02. The zero-order valence-corrected chi connectivity index (χ0v) is 11.7. The summed E-state index contributed by atoms with van der Waals surface area (Å²) in [6.07, 6.45) is 2.50. The van der Waals surface area contributed by atoms with E-state index in [9.17, 15) is 9.59 Å². The van der Waals surface area contributed by atoms with Gasteiger partial charge in [-0.3, -0.25) is 4.79 Å². The third kappa shape index (κ3) is 4.47. The Balaban J connectivity index is 2.08. The number of rotatable bonds is 4. The number of carboxylic acids is 1. The van der Waals surface area contributed by atoms with Crippen molar-refractivity contribution in [2.24, 2.45) is 0 Å². The number of carboxylic acid groups (broad SMARTS) is 1. The number of hydrogen-bond donors (Lipinski definition) is 2. The molecule has 2 aromatic rings. The smallest absolute Gasteiger partial charge is 0.328 e. The molecule has 0 aromatic heterocycles. The largest absolute Gasteiger partial charge is 0.478 e. The highest BCUT2D eigenvalue weighted by molar-refractivity contribution is 6.30. The number of halogens is 1. The predicted octanol–water partition coefficient (Wildman–Crippen LogP) is 3.69. The minimum Gasteiger partial charge on any atom is -0.478 e. The molecule has 0 saturated carbocycles. The molecular formula is C16H12ClNO3. The van der Waals surface area contributed by atoms with Gasteiger partial charge in [0, 0.05) is 22.3 Å². The molecule has 106 valence electrons. The fourth-order valence-electron chi connectivity index (χ4n) is 1.68. The molecule has 2 N–H and O–H groups in total. The molecule has 0 saturated heterocycles. The van der Waals surface area contributed by atoms with Crippen molar-refractivity contribution in [1.29, 1.82) is 0 Å². The summed E-state index contributed by atoms with van der Waals surface area (Å²) in [7, 11) is 0. The minimum absolute atomic E-state index is 0.258. The number of aliphatic carboxylic acids is 1. The van der Waals surface area contributed by atoms with Crippen molar-refractivity contribution in [3.8, 4) is 0 Å². The van der Waals surface area contributed by atoms with Crippen LogP contribution in [0.5, 0.6) is 0 Å². The zero-order valence-electron chi connectivity index (χ0n) is 10.9. The van der Waals surface area contributed by atoms with Crippen LogP contribution in [0.2, 0.25) is 5.02 Å². The van der Waals surface area contributed by atoms with E-state index in [0.717, 1.165) is 6.08 Å². The highest BCUT2D eigenvalue weighted by Crippen LogP contribution is 2.16. The lowest BCUT2D eigenvalue weighted by atomic mass is 10.1. The molecule has 0 spiro atoms. The fourth-order valence-corrected chi connectivity index (χ4v) is 1.87. The van der Waals surface area contributed by atoms with Crippen LogP contribution in [0, 0.1) is 0 Å². The van der Waals surface area contributed by atoms with Gasteiger partial charge in [0.05, 0.1) is 0 Å². The highest BCUT2D eigenvalue weighted by Gasteiger charge is 2.05. The van der Waals surface area contributed by atoms with Crippen LogP contribution in [0.1, 0.15) is 15.9 Å². The maximum atomic E-state index is 12.0. The van der Waals surface area contributed by atoms with E-state index in [0.29, 0.717) is 21.8 Å². The third-order valence-electron chi connectivity index (χ3n) is 2.67. The van der Waals surface area contributed by atoms with Gasteiger partial charge in [-0.25, -0.2) is 4.79 Å². The van der Waals surface area contributed by atoms with Gasteiger partial charge in [0.1, 0.15) is 0 Å². The quantitative estimate of drug-likeness (QED) is 0.846. The van der Waals surface area contributed by atoms with Crippen LogP contribution in [0.4, 0.5) is 5.69 Å². The van der Waals surface area contributed by atoms with Crippen molar-refractivity contribution in [2.45, 2.75) is 0 Å². The molecule has 0 bridgehead atoms. The second-order valence-corrected chi connectivity index (χ2v) is 4.69. The van der Waals surface area contributed by atoms with Crippen LogP contribution in [-0.4, -0.2) is 17.0 Å². The van der Waals surface area contributed by atoms with Crippen molar-refractivity contribution >= 4 is 35.2 Å². The molecule has 0 fully saturated rings. The van der Waals surface area contributed by atoms with Crippen molar-refractivity contribution in [2.75, 3.05) is 5.32 Å². The second-order valence-electron chi connectivity index (χ2n) is 4.26. The molecule has 5 heteroatoms. The lowest BCUT2D eigenvalue weighted by Crippen LogP contribution is -2.11. The van der Waals surface area contributed by atoms with Crippen molar-refractivity contribution < 1.29 is 14.7 Å². The molecule has 21 heavy (non-hydrogen) atoms. The number of anilines is 1. The summed E-state index contributed by atoms with van der Waals surface area (Å²) in [6, 6.07) is 13.5. The first kappa shape index (κ1) is 14.8. The summed E-state index contributed by atoms with van der Waals surface area (Å²) in [5.41, 5.74) is 1.79. The molecule has 0 aliphatic heterocycles. The maximum absolute atomic E-state index is 12.0. The van der Waals surface area contributed by atoms with Crippen LogP contribution in [0.25, 0.3) is 6.08 Å². The first-order valence-electron chi connectivity index (χ1n) is 6.12. The van der Waals surface area contributed by atoms with Crippen LogP contribution in [0.15, 0.2) is 54.6 Å². The van der Waals surface area contributed by atoms with E-state index in [1.807, 2.05) is 0 Å². The molecule has 0 radical (unpaired) electrons. The number of hydrogen-bond acceptors (Lipinski definition) is 2. The van der Waals surface area contributed by atoms with Gasteiger partial charge >= 0.3 is 5.97 Å². The van der Waals surface area contributed by atoms with Gasteiger partial charge < -0.3 is 10.4 Å². The summed E-state index contributed by atoms with van der Waals surface area (Å²) in [6.45, 7) is 0. The van der Waals surface area contributed by atoms with Gasteiger partial charge in [0.15, 0.2) is 0 Å². The summed E-state index contributed by atoms with van der Waals surface area (Å²) in [4.78, 5) is 22.5. The Labute approximate surface area is 126 Å². The SMILES string of the molecule is O=C(O)C=Cc1ccc(C(=O)Nc2cccc(Cl)c2)cc1. The monoisotopic (exact) mass is 301 g/mol. The number of nitrogens with one attached hydrogen (secondary N) is 1. The van der Waals surface area contributed by atoms with Crippen LogP contribution >= 0.6 is 11.6 Å². The number of carbonyl (C=O) groups is 2. The van der Waals surface area contributed by atoms with Crippen LogP contribution in [0.3, 0.4) is 0 Å². The molecule has 0 aliphatic rings. The molecule has 0 aliphatic carbocycles. The first-order valence-corrected chi connectivity index (χ1v) is 6.50. The van der Waals surface area contributed by atoms with Crippen molar-refractivity contribution in [3.05, 3.63) is 70.8 Å². The average molecular weight is 302 g/mol. The van der Waals surface area contributed by atoms with E-state index in [4.69, 9.17) is 16.7 Å². The Bertz CT molecular complexity index is 693. The topological polar surface area (TPSA) is 66.4 Å². The Morgan fingerprint density at radius 1 is 1.10 bits per heavy atom. The molecular weight excluding hydrogens is 290 g/mol. The van der Waals surface area contributed by atoms with Gasteiger partial charge in [0.25, 0.3) is 5.91 Å². The summed E-state index contributed by atoms with van der Waals surface area (Å²) < 4.78 is 0. The van der Waals surface area contributed by atoms with Crippen LogP contribution in [-0.2, 0) is 4.79 Å². The van der Waals surface area contributed by atoms with E-state index in [2.05, 4.69) is 5.32 Å². The van der Waals surface area contributed by atoms with E-state index in [-0.39, 0.29) is 5.91 Å². The Morgan fingerprint density at radius 2 is 1.81 bits per heavy atom. The summed E-state index contributed by atoms with van der Waals surface area (Å²) in [5.74, 6) is -1.27. The van der Waals surface area contributed by atoms with Gasteiger partial charge in [-0.15, -0.1) is 0 Å². The van der Waals surface area contributed by atoms with Gasteiger partial charge in [-0.2, -0.15) is 0 Å². The predicted molar refractivity (Wildman–Crippen MR) is 82.5 cm³/mol. The normalized spacial score (nSPS) is 10.5. The Morgan fingerprint density at radius 3 is 2.43 bits per heavy atom. The summed E-state index contributed by atoms with van der Waals surface area (Å²) in [5, 5.41) is 11.8. The lowest BCUT2D eigenvalue weighted by molar-refractivity contribution is -0.131. The van der Waals surface area contributed by atoms with Gasteiger partial charge in [-0.05, 0) is 42.0 Å². The van der Waals surface area contributed by atoms with E-state index >= 15 is 0 Å². The number of benzene rings is 2. The Hall–Kier alpha value is -2.59. The van der Waals surface area contributed by atoms with E-state index in [1.165, 1.54) is 6.08 Å². The summed E-state index contributed by atoms with van der Waals surface area (Å²) >= 11 is 5.85. The van der Waals surface area contributed by atoms with Crippen LogP contribution < -0.4 is 5.32 Å². The molecule has 4 nitrogen and oxygen atoms in total. The molecule has 0 unspecified atom stereocenters. The van der Waals surface area contributed by atoms with Crippen molar-refractivity contribution in [1.82, 2.24) is 0 Å². The lowest BCUT2D eigenvalue weighted by Gasteiger charge is -2.05. The highest BCUT2D eigenvalue weighted by atomic mass is 35.5. The van der Waals surface area contributed by atoms with Gasteiger partial charge in [0.2, 0.25) is 0 Å². The van der Waals surface area contributed by atoms with Gasteiger partial charge in [-0.1, -0.05) is 29.8 Å². The molecule has 0 atom stereocenters. The second kappa shape index (κ2) is 6.72. The molecule has 2 rings (SSSR count). The molecule has 2 aromatic carbocycles. The maximum Gasteiger partial charge on any atom is 0.328 e. The fraction of sp³-hybridized carbons (Fsp3) is 0. The average Bonchev–Trinajstić information content (AvgIpc) is 2.45. The zero-order chi connectivity index (χ0) is 15.2. The standard InChI is InChI=1S/C16H12ClNO3/c17-13-2-1-3-14(10-13)18-16(21)12-7-4-11(5-8-12)6-9-15(19)20/h1-10H,(H,18,21)(H,19,20).